The summed E-state index contributed by atoms with van der Waals surface area (Å²) in [4.78, 5) is 8.44. The number of pyridine rings is 1. The van der Waals surface area contributed by atoms with Crippen LogP contribution in [0.2, 0.25) is 0 Å². The van der Waals surface area contributed by atoms with Crippen LogP contribution in [0.1, 0.15) is 11.1 Å². The van der Waals surface area contributed by atoms with Gasteiger partial charge in [-0.1, -0.05) is 11.2 Å². The van der Waals surface area contributed by atoms with Crippen LogP contribution in [0.4, 0.5) is 0 Å². The number of hydrogen-bond acceptors (Lipinski definition) is 5. The lowest BCUT2D eigenvalue weighted by molar-refractivity contribution is 0.430. The summed E-state index contributed by atoms with van der Waals surface area (Å²) in [7, 11) is 0. The van der Waals surface area contributed by atoms with Crippen LogP contribution in [0.25, 0.3) is 22.8 Å². The van der Waals surface area contributed by atoms with Gasteiger partial charge in [-0.2, -0.15) is 4.98 Å². The van der Waals surface area contributed by atoms with Crippen LogP contribution in [-0.2, 0) is 0 Å². The summed E-state index contributed by atoms with van der Waals surface area (Å²) < 4.78 is 5.30. The van der Waals surface area contributed by atoms with Crippen molar-refractivity contribution in [2.24, 2.45) is 0 Å². The third kappa shape index (κ3) is 2.03. The molecule has 0 saturated heterocycles. The molecule has 0 aliphatic heterocycles. The van der Waals surface area contributed by atoms with E-state index in [9.17, 15) is 5.11 Å². The van der Waals surface area contributed by atoms with Gasteiger partial charge in [0.15, 0.2) is 0 Å². The number of aromatic nitrogens is 3. The van der Waals surface area contributed by atoms with Crippen molar-refractivity contribution in [3.63, 3.8) is 0 Å². The molecule has 0 spiro atoms. The van der Waals surface area contributed by atoms with E-state index in [1.165, 1.54) is 0 Å². The highest BCUT2D eigenvalue weighted by Gasteiger charge is 2.15. The predicted octanol–water partition coefficient (Wildman–Crippen LogP) is 3.12. The van der Waals surface area contributed by atoms with E-state index < -0.39 is 0 Å². The van der Waals surface area contributed by atoms with Crippen molar-refractivity contribution >= 4 is 0 Å². The third-order valence-electron chi connectivity index (χ3n) is 3.22. The zero-order valence-electron chi connectivity index (χ0n) is 11.2. The smallest absolute Gasteiger partial charge is 0.258 e. The fraction of sp³-hybridized carbons (Fsp3) is 0.133. The van der Waals surface area contributed by atoms with E-state index in [0.29, 0.717) is 17.3 Å². The lowest BCUT2D eigenvalue weighted by atomic mass is 10.1. The molecular weight excluding hydrogens is 254 g/mol. The molecule has 0 unspecified atom stereocenters. The van der Waals surface area contributed by atoms with Crippen LogP contribution < -0.4 is 0 Å². The first kappa shape index (κ1) is 12.3. The van der Waals surface area contributed by atoms with Crippen molar-refractivity contribution in [1.29, 1.82) is 0 Å². The van der Waals surface area contributed by atoms with Crippen molar-refractivity contribution in [2.45, 2.75) is 13.8 Å². The Balaban J connectivity index is 2.07. The first-order chi connectivity index (χ1) is 9.66. The number of hydrogen-bond donors (Lipinski definition) is 1. The van der Waals surface area contributed by atoms with E-state index in [1.54, 1.807) is 24.5 Å². The van der Waals surface area contributed by atoms with Gasteiger partial charge in [0.05, 0.1) is 0 Å². The van der Waals surface area contributed by atoms with Gasteiger partial charge in [-0.3, -0.25) is 4.98 Å². The van der Waals surface area contributed by atoms with Crippen molar-refractivity contribution in [3.05, 3.63) is 47.8 Å². The Morgan fingerprint density at radius 2 is 1.95 bits per heavy atom. The zero-order valence-corrected chi connectivity index (χ0v) is 11.2. The van der Waals surface area contributed by atoms with E-state index in [2.05, 4.69) is 15.1 Å². The molecule has 0 atom stereocenters. The van der Waals surface area contributed by atoms with Crippen molar-refractivity contribution in [2.75, 3.05) is 0 Å². The molecule has 3 aromatic rings. The molecule has 0 amide bonds. The van der Waals surface area contributed by atoms with Crippen LogP contribution in [-0.4, -0.2) is 20.2 Å². The standard InChI is InChI=1S/C15H13N3O2/c1-9-8-16-7-6-11(9)14-17-15(20-18-14)12-4-3-5-13(19)10(12)2/h3-8,19H,1-2H3. The van der Waals surface area contributed by atoms with Gasteiger partial charge in [0.25, 0.3) is 5.89 Å². The Hall–Kier alpha value is -2.69. The molecule has 0 bridgehead atoms. The molecule has 3 rings (SSSR count). The minimum absolute atomic E-state index is 0.211. The maximum Gasteiger partial charge on any atom is 0.258 e. The van der Waals surface area contributed by atoms with E-state index in [0.717, 1.165) is 16.7 Å². The molecule has 20 heavy (non-hydrogen) atoms. The topological polar surface area (TPSA) is 72.0 Å². The molecule has 0 radical (unpaired) electrons. The predicted molar refractivity (Wildman–Crippen MR) is 74.1 cm³/mol. The quantitative estimate of drug-likeness (QED) is 0.772. The molecule has 0 aliphatic carbocycles. The molecule has 100 valence electrons. The third-order valence-corrected chi connectivity index (χ3v) is 3.22. The first-order valence-corrected chi connectivity index (χ1v) is 6.20. The summed E-state index contributed by atoms with van der Waals surface area (Å²) in [5.41, 5.74) is 3.31. The Kier molecular flexibility index (Phi) is 2.95. The number of nitrogens with zero attached hydrogens (tertiary/aromatic N) is 3. The van der Waals surface area contributed by atoms with E-state index >= 15 is 0 Å². The van der Waals surface area contributed by atoms with Crippen LogP contribution >= 0.6 is 0 Å². The van der Waals surface area contributed by atoms with E-state index in [1.807, 2.05) is 26.0 Å². The van der Waals surface area contributed by atoms with Gasteiger partial charge in [0.2, 0.25) is 5.82 Å². The fourth-order valence-corrected chi connectivity index (χ4v) is 2.02. The summed E-state index contributed by atoms with van der Waals surface area (Å²) >= 11 is 0. The van der Waals surface area contributed by atoms with E-state index in [-0.39, 0.29) is 5.75 Å². The van der Waals surface area contributed by atoms with Crippen molar-refractivity contribution in [3.8, 4) is 28.6 Å². The SMILES string of the molecule is Cc1cnccc1-c1noc(-c2cccc(O)c2C)n1. The Bertz CT molecular complexity index is 765. The fourth-order valence-electron chi connectivity index (χ4n) is 2.02. The number of aryl methyl sites for hydroxylation is 1. The number of phenolic OH excluding ortho intramolecular Hbond substituents is 1. The molecular formula is C15H13N3O2. The van der Waals surface area contributed by atoms with Crippen LogP contribution in [0.15, 0.2) is 41.2 Å². The normalized spacial score (nSPS) is 10.7. The van der Waals surface area contributed by atoms with Gasteiger partial charge < -0.3 is 9.63 Å². The second-order valence-corrected chi connectivity index (χ2v) is 4.56. The van der Waals surface area contributed by atoms with Gasteiger partial charge >= 0.3 is 0 Å². The Morgan fingerprint density at radius 1 is 1.10 bits per heavy atom. The van der Waals surface area contributed by atoms with Crippen LogP contribution in [0.3, 0.4) is 0 Å². The molecule has 0 fully saturated rings. The monoisotopic (exact) mass is 267 g/mol. The minimum Gasteiger partial charge on any atom is -0.508 e. The Morgan fingerprint density at radius 3 is 2.75 bits per heavy atom. The zero-order chi connectivity index (χ0) is 14.1. The molecule has 2 aromatic heterocycles. The van der Waals surface area contributed by atoms with Gasteiger partial charge in [-0.15, -0.1) is 0 Å². The lowest BCUT2D eigenvalue weighted by Crippen LogP contribution is -1.87. The second kappa shape index (κ2) is 4.77. The average Bonchev–Trinajstić information content (AvgIpc) is 2.92. The summed E-state index contributed by atoms with van der Waals surface area (Å²) in [6.07, 6.45) is 3.45. The first-order valence-electron chi connectivity index (χ1n) is 6.20. The van der Waals surface area contributed by atoms with Gasteiger partial charge in [-0.25, -0.2) is 0 Å². The number of benzene rings is 1. The largest absolute Gasteiger partial charge is 0.508 e. The van der Waals surface area contributed by atoms with Crippen molar-refractivity contribution in [1.82, 2.24) is 15.1 Å². The van der Waals surface area contributed by atoms with Crippen LogP contribution in [0, 0.1) is 13.8 Å². The van der Waals surface area contributed by atoms with Gasteiger partial charge in [0.1, 0.15) is 5.75 Å². The molecule has 0 aliphatic rings. The van der Waals surface area contributed by atoms with E-state index in [4.69, 9.17) is 4.52 Å². The molecule has 1 aromatic carbocycles. The average molecular weight is 267 g/mol. The van der Waals surface area contributed by atoms with Gasteiger partial charge in [-0.05, 0) is 37.6 Å². The molecule has 5 nitrogen and oxygen atoms in total. The minimum atomic E-state index is 0.211. The Labute approximate surface area is 115 Å². The highest BCUT2D eigenvalue weighted by molar-refractivity contribution is 5.65. The van der Waals surface area contributed by atoms with Crippen LogP contribution in [0.5, 0.6) is 5.75 Å². The molecule has 0 saturated carbocycles. The van der Waals surface area contributed by atoms with Crippen molar-refractivity contribution < 1.29 is 9.63 Å². The molecule has 5 heteroatoms. The lowest BCUT2D eigenvalue weighted by Gasteiger charge is -2.02. The highest BCUT2D eigenvalue weighted by atomic mass is 16.5. The number of aromatic hydroxyl groups is 1. The molecule has 1 N–H and O–H groups in total. The summed E-state index contributed by atoms with van der Waals surface area (Å²) in [6, 6.07) is 7.06. The maximum absolute atomic E-state index is 9.73. The summed E-state index contributed by atoms with van der Waals surface area (Å²) in [5.74, 6) is 1.12. The molecule has 2 heterocycles. The second-order valence-electron chi connectivity index (χ2n) is 4.56. The van der Waals surface area contributed by atoms with Gasteiger partial charge in [0, 0.05) is 29.1 Å². The summed E-state index contributed by atoms with van der Waals surface area (Å²) in [5, 5.41) is 13.7. The number of phenols is 1. The maximum atomic E-state index is 9.73. The number of rotatable bonds is 2. The summed E-state index contributed by atoms with van der Waals surface area (Å²) in [6.45, 7) is 3.75. The highest BCUT2D eigenvalue weighted by Crippen LogP contribution is 2.29.